The van der Waals surface area contributed by atoms with E-state index >= 15 is 0 Å². The van der Waals surface area contributed by atoms with Crippen molar-refractivity contribution >= 4 is 17.3 Å². The Morgan fingerprint density at radius 1 is 1.33 bits per heavy atom. The maximum Gasteiger partial charge on any atom is 0.291 e. The van der Waals surface area contributed by atoms with Gasteiger partial charge in [-0.2, -0.15) is 5.10 Å². The van der Waals surface area contributed by atoms with Crippen molar-refractivity contribution in [2.24, 2.45) is 5.92 Å². The number of hydrogen-bond donors (Lipinski definition) is 1. The number of rotatable bonds is 5. The van der Waals surface area contributed by atoms with Gasteiger partial charge in [0, 0.05) is 13.1 Å². The van der Waals surface area contributed by atoms with Crippen LogP contribution in [0.4, 0.5) is 10.1 Å². The van der Waals surface area contributed by atoms with Crippen molar-refractivity contribution < 1.29 is 4.39 Å². The zero-order valence-electron chi connectivity index (χ0n) is 11.4. The van der Waals surface area contributed by atoms with Crippen LogP contribution in [0.3, 0.4) is 0 Å². The Kier molecular flexibility index (Phi) is 3.92. The van der Waals surface area contributed by atoms with Crippen molar-refractivity contribution in [3.8, 4) is 0 Å². The lowest BCUT2D eigenvalue weighted by atomic mass is 10.2. The van der Waals surface area contributed by atoms with E-state index in [1.54, 1.807) is 12.1 Å². The number of benzene rings is 1. The van der Waals surface area contributed by atoms with E-state index in [2.05, 4.69) is 10.4 Å². The van der Waals surface area contributed by atoms with Crippen LogP contribution in [0.5, 0.6) is 0 Å². The molecule has 1 aromatic carbocycles. The Hall–Kier alpha value is -1.88. The number of aromatic nitrogens is 2. The highest BCUT2D eigenvalue weighted by Crippen LogP contribution is 2.30. The van der Waals surface area contributed by atoms with Gasteiger partial charge in [-0.15, -0.1) is 0 Å². The standard InChI is InChI=1S/C15H15ClFN3O/c16-13-8-19-20(9-11-1-2-11)15(21)14(13)18-7-10-3-5-12(17)6-4-10/h3-6,8,11,18H,1-2,7,9H2. The average Bonchev–Trinajstić information content (AvgIpc) is 3.28. The summed E-state index contributed by atoms with van der Waals surface area (Å²) >= 11 is 6.05. The Bertz CT molecular complexity index is 695. The molecule has 1 saturated carbocycles. The lowest BCUT2D eigenvalue weighted by molar-refractivity contribution is 0.534. The van der Waals surface area contributed by atoms with E-state index in [-0.39, 0.29) is 11.4 Å². The molecule has 0 bridgehead atoms. The summed E-state index contributed by atoms with van der Waals surface area (Å²) in [4.78, 5) is 12.3. The molecule has 0 aliphatic heterocycles. The molecule has 0 saturated heterocycles. The normalized spacial score (nSPS) is 14.2. The molecule has 1 aliphatic rings. The van der Waals surface area contributed by atoms with Crippen molar-refractivity contribution in [3.05, 3.63) is 57.2 Å². The second-order valence-electron chi connectivity index (χ2n) is 5.28. The van der Waals surface area contributed by atoms with E-state index in [1.165, 1.54) is 23.0 Å². The highest BCUT2D eigenvalue weighted by molar-refractivity contribution is 6.32. The molecule has 0 spiro atoms. The summed E-state index contributed by atoms with van der Waals surface area (Å²) in [5, 5.41) is 7.39. The molecule has 0 unspecified atom stereocenters. The summed E-state index contributed by atoms with van der Waals surface area (Å²) in [6.07, 6.45) is 3.78. The van der Waals surface area contributed by atoms with Crippen LogP contribution >= 0.6 is 11.6 Å². The van der Waals surface area contributed by atoms with Crippen LogP contribution in [0.15, 0.2) is 35.3 Å². The average molecular weight is 308 g/mol. The van der Waals surface area contributed by atoms with Crippen molar-refractivity contribution in [2.75, 3.05) is 5.32 Å². The Morgan fingerprint density at radius 3 is 2.71 bits per heavy atom. The maximum atomic E-state index is 12.9. The van der Waals surface area contributed by atoms with Gasteiger partial charge >= 0.3 is 0 Å². The molecule has 1 fully saturated rings. The maximum absolute atomic E-state index is 12.9. The number of nitrogens with zero attached hydrogens (tertiary/aromatic N) is 2. The molecule has 4 nitrogen and oxygen atoms in total. The van der Waals surface area contributed by atoms with E-state index in [4.69, 9.17) is 11.6 Å². The molecule has 1 N–H and O–H groups in total. The van der Waals surface area contributed by atoms with E-state index in [0.29, 0.717) is 29.7 Å². The molecule has 1 aliphatic carbocycles. The summed E-state index contributed by atoms with van der Waals surface area (Å²) in [5.41, 5.74) is 1.01. The summed E-state index contributed by atoms with van der Waals surface area (Å²) in [6.45, 7) is 1.05. The SMILES string of the molecule is O=c1c(NCc2ccc(F)cc2)c(Cl)cnn1CC1CC1. The third-order valence-electron chi connectivity index (χ3n) is 3.51. The summed E-state index contributed by atoms with van der Waals surface area (Å²) in [6, 6.07) is 6.10. The van der Waals surface area contributed by atoms with Crippen LogP contribution < -0.4 is 10.9 Å². The van der Waals surface area contributed by atoms with Crippen molar-refractivity contribution in [3.63, 3.8) is 0 Å². The predicted molar refractivity (Wildman–Crippen MR) is 80.0 cm³/mol. The molecule has 21 heavy (non-hydrogen) atoms. The van der Waals surface area contributed by atoms with E-state index < -0.39 is 0 Å². The Labute approximate surface area is 126 Å². The first-order chi connectivity index (χ1) is 10.1. The van der Waals surface area contributed by atoms with Crippen LogP contribution in [-0.2, 0) is 13.1 Å². The fraction of sp³-hybridized carbons (Fsp3) is 0.333. The lowest BCUT2D eigenvalue weighted by Gasteiger charge is -2.10. The quantitative estimate of drug-likeness (QED) is 0.923. The first kappa shape index (κ1) is 14.1. The van der Waals surface area contributed by atoms with Gasteiger partial charge in [0.05, 0.1) is 11.2 Å². The second kappa shape index (κ2) is 5.85. The Morgan fingerprint density at radius 2 is 2.05 bits per heavy atom. The smallest absolute Gasteiger partial charge is 0.291 e. The van der Waals surface area contributed by atoms with Crippen molar-refractivity contribution in [1.82, 2.24) is 9.78 Å². The molecule has 1 heterocycles. The first-order valence-corrected chi connectivity index (χ1v) is 7.25. The monoisotopic (exact) mass is 307 g/mol. The summed E-state index contributed by atoms with van der Waals surface area (Å²) in [5.74, 6) is 0.272. The first-order valence-electron chi connectivity index (χ1n) is 6.87. The largest absolute Gasteiger partial charge is 0.375 e. The molecule has 2 aromatic rings. The third kappa shape index (κ3) is 3.42. The van der Waals surface area contributed by atoms with Gasteiger partial charge in [-0.05, 0) is 36.5 Å². The van der Waals surface area contributed by atoms with Gasteiger partial charge in [-0.25, -0.2) is 9.07 Å². The van der Waals surface area contributed by atoms with Crippen LogP contribution in [0.2, 0.25) is 5.02 Å². The van der Waals surface area contributed by atoms with Crippen LogP contribution in [0.1, 0.15) is 18.4 Å². The van der Waals surface area contributed by atoms with Crippen LogP contribution in [0, 0.1) is 11.7 Å². The van der Waals surface area contributed by atoms with Gasteiger partial charge in [0.2, 0.25) is 0 Å². The van der Waals surface area contributed by atoms with Gasteiger partial charge in [0.15, 0.2) is 0 Å². The Balaban J connectivity index is 1.77. The van der Waals surface area contributed by atoms with Gasteiger partial charge in [-0.1, -0.05) is 23.7 Å². The summed E-state index contributed by atoms with van der Waals surface area (Å²) < 4.78 is 14.3. The molecule has 110 valence electrons. The lowest BCUT2D eigenvalue weighted by Crippen LogP contribution is -2.26. The third-order valence-corrected chi connectivity index (χ3v) is 3.79. The fourth-order valence-electron chi connectivity index (χ4n) is 2.10. The number of hydrogen-bond acceptors (Lipinski definition) is 3. The van der Waals surface area contributed by atoms with E-state index in [1.807, 2.05) is 0 Å². The molecule has 0 radical (unpaired) electrons. The highest BCUT2D eigenvalue weighted by Gasteiger charge is 2.23. The molecular weight excluding hydrogens is 293 g/mol. The second-order valence-corrected chi connectivity index (χ2v) is 5.69. The minimum absolute atomic E-state index is 0.212. The zero-order valence-corrected chi connectivity index (χ0v) is 12.1. The van der Waals surface area contributed by atoms with Crippen molar-refractivity contribution in [2.45, 2.75) is 25.9 Å². The molecular formula is C15H15ClFN3O. The van der Waals surface area contributed by atoms with Gasteiger partial charge in [0.25, 0.3) is 5.56 Å². The summed E-state index contributed by atoms with van der Waals surface area (Å²) in [7, 11) is 0. The van der Waals surface area contributed by atoms with Crippen molar-refractivity contribution in [1.29, 1.82) is 0 Å². The number of nitrogens with one attached hydrogen (secondary N) is 1. The zero-order chi connectivity index (χ0) is 14.8. The topological polar surface area (TPSA) is 46.9 Å². The fourth-order valence-corrected chi connectivity index (χ4v) is 2.29. The minimum atomic E-state index is -0.285. The molecule has 3 rings (SSSR count). The van der Waals surface area contributed by atoms with Gasteiger partial charge in [-0.3, -0.25) is 4.79 Å². The van der Waals surface area contributed by atoms with Gasteiger partial charge in [0.1, 0.15) is 11.5 Å². The van der Waals surface area contributed by atoms with Gasteiger partial charge < -0.3 is 5.32 Å². The molecule has 1 aromatic heterocycles. The predicted octanol–water partition coefficient (Wildman–Crippen LogP) is 3.06. The van der Waals surface area contributed by atoms with Crippen LogP contribution in [0.25, 0.3) is 0 Å². The molecule has 0 atom stereocenters. The van der Waals surface area contributed by atoms with Crippen LogP contribution in [-0.4, -0.2) is 9.78 Å². The highest BCUT2D eigenvalue weighted by atomic mass is 35.5. The number of halogens is 2. The number of anilines is 1. The van der Waals surface area contributed by atoms with E-state index in [9.17, 15) is 9.18 Å². The van der Waals surface area contributed by atoms with E-state index in [0.717, 1.165) is 18.4 Å². The molecule has 0 amide bonds. The minimum Gasteiger partial charge on any atom is -0.375 e. The molecule has 6 heteroatoms.